The van der Waals surface area contributed by atoms with Crippen LogP contribution in [0.4, 0.5) is 8.78 Å². The Morgan fingerprint density at radius 2 is 1.67 bits per heavy atom. The van der Waals surface area contributed by atoms with Gasteiger partial charge in [0, 0.05) is 4.88 Å². The molecule has 0 bridgehead atoms. The number of amides is 1. The Labute approximate surface area is 158 Å². The molecule has 0 aliphatic heterocycles. The third kappa shape index (κ3) is 4.57. The second kappa shape index (κ2) is 8.55. The molecule has 4 nitrogen and oxygen atoms in total. The van der Waals surface area contributed by atoms with Gasteiger partial charge in [0.2, 0.25) is 0 Å². The normalized spacial score (nSPS) is 11.6. The lowest BCUT2D eigenvalue weighted by Gasteiger charge is -2.18. The molecule has 7 heteroatoms. The monoisotopic (exact) mass is 387 g/mol. The fraction of sp³-hybridized carbons (Fsp3) is 0.100. The van der Waals surface area contributed by atoms with Crippen LogP contribution in [0.5, 0.6) is 0 Å². The average molecular weight is 387 g/mol. The molecule has 27 heavy (non-hydrogen) atoms. The molecule has 0 aliphatic rings. The summed E-state index contributed by atoms with van der Waals surface area (Å²) < 4.78 is 32.0. The molecule has 1 heterocycles. The molecule has 1 unspecified atom stereocenters. The van der Waals surface area contributed by atoms with Crippen molar-refractivity contribution in [1.82, 2.24) is 5.32 Å². The number of rotatable bonds is 6. The highest BCUT2D eigenvalue weighted by Gasteiger charge is 2.21. The number of esters is 1. The van der Waals surface area contributed by atoms with Gasteiger partial charge in [-0.1, -0.05) is 42.5 Å². The lowest BCUT2D eigenvalue weighted by atomic mass is 10.1. The molecule has 3 aromatic rings. The largest absolute Gasteiger partial charge is 0.452 e. The lowest BCUT2D eigenvalue weighted by molar-refractivity contribution is -0.124. The maximum absolute atomic E-state index is 13.6. The summed E-state index contributed by atoms with van der Waals surface area (Å²) in [5, 5.41) is 4.67. The Kier molecular flexibility index (Phi) is 5.93. The number of halogens is 2. The van der Waals surface area contributed by atoms with Crippen LogP contribution in [0.2, 0.25) is 0 Å². The Morgan fingerprint density at radius 1 is 0.963 bits per heavy atom. The van der Waals surface area contributed by atoms with E-state index in [9.17, 15) is 18.4 Å². The quantitative estimate of drug-likeness (QED) is 0.648. The molecule has 0 saturated heterocycles. The van der Waals surface area contributed by atoms with Gasteiger partial charge in [0.15, 0.2) is 6.61 Å². The summed E-state index contributed by atoms with van der Waals surface area (Å²) in [5.74, 6) is -3.89. The summed E-state index contributed by atoms with van der Waals surface area (Å²) in [4.78, 5) is 25.1. The highest BCUT2D eigenvalue weighted by Crippen LogP contribution is 2.25. The molecule has 1 atom stereocenters. The van der Waals surface area contributed by atoms with Crippen LogP contribution < -0.4 is 5.32 Å². The van der Waals surface area contributed by atoms with Gasteiger partial charge < -0.3 is 10.1 Å². The predicted octanol–water partition coefficient (Wildman–Crippen LogP) is 4.09. The molecule has 0 radical (unpaired) electrons. The molecule has 1 aromatic heterocycles. The van der Waals surface area contributed by atoms with Gasteiger partial charge in [0.1, 0.15) is 17.2 Å². The minimum atomic E-state index is -1.23. The zero-order valence-corrected chi connectivity index (χ0v) is 14.8. The van der Waals surface area contributed by atoms with E-state index < -0.39 is 41.7 Å². The van der Waals surface area contributed by atoms with Gasteiger partial charge in [-0.05, 0) is 29.1 Å². The molecule has 3 rings (SSSR count). The third-order valence-corrected chi connectivity index (χ3v) is 4.70. The minimum absolute atomic E-state index is 0.414. The number of thiophene rings is 1. The predicted molar refractivity (Wildman–Crippen MR) is 97.4 cm³/mol. The van der Waals surface area contributed by atoms with Gasteiger partial charge in [-0.15, -0.1) is 11.3 Å². The van der Waals surface area contributed by atoms with Gasteiger partial charge in [0.25, 0.3) is 5.91 Å². The van der Waals surface area contributed by atoms with Crippen molar-refractivity contribution in [3.63, 3.8) is 0 Å². The topological polar surface area (TPSA) is 55.4 Å². The molecule has 1 amide bonds. The summed E-state index contributed by atoms with van der Waals surface area (Å²) in [7, 11) is 0. The lowest BCUT2D eigenvalue weighted by Crippen LogP contribution is -2.32. The fourth-order valence-corrected chi connectivity index (χ4v) is 3.32. The van der Waals surface area contributed by atoms with E-state index >= 15 is 0 Å². The first-order valence-electron chi connectivity index (χ1n) is 8.05. The van der Waals surface area contributed by atoms with Crippen LogP contribution >= 0.6 is 11.3 Å². The van der Waals surface area contributed by atoms with E-state index in [-0.39, 0.29) is 0 Å². The molecular weight excluding hydrogens is 372 g/mol. The van der Waals surface area contributed by atoms with Crippen molar-refractivity contribution in [3.05, 3.63) is 93.7 Å². The van der Waals surface area contributed by atoms with Gasteiger partial charge in [-0.2, -0.15) is 0 Å². The maximum Gasteiger partial charge on any atom is 0.344 e. The van der Waals surface area contributed by atoms with E-state index in [0.717, 1.165) is 28.6 Å². The van der Waals surface area contributed by atoms with E-state index in [1.54, 1.807) is 0 Å². The van der Waals surface area contributed by atoms with E-state index in [2.05, 4.69) is 5.32 Å². The Balaban J connectivity index is 1.68. The van der Waals surface area contributed by atoms with Crippen LogP contribution in [0, 0.1) is 11.6 Å². The molecule has 2 aromatic carbocycles. The smallest absolute Gasteiger partial charge is 0.344 e. The number of nitrogens with one attached hydrogen (secondary N) is 1. The van der Waals surface area contributed by atoms with Crippen LogP contribution in [0.15, 0.2) is 66.0 Å². The van der Waals surface area contributed by atoms with Crippen molar-refractivity contribution in [2.75, 3.05) is 6.61 Å². The summed E-state index contributed by atoms with van der Waals surface area (Å²) in [6, 6.07) is 15.7. The standard InChI is InChI=1S/C20H15F2NO3S/c21-14-8-4-9-15(22)18(14)20(25)26-12-17(24)23-19(16-10-5-11-27-16)13-6-2-1-3-7-13/h1-11,19H,12H2,(H,23,24). The van der Waals surface area contributed by atoms with Crippen molar-refractivity contribution in [2.24, 2.45) is 0 Å². The number of hydrogen-bond donors (Lipinski definition) is 1. The van der Waals surface area contributed by atoms with E-state index in [1.165, 1.54) is 11.3 Å². The molecule has 0 aliphatic carbocycles. The maximum atomic E-state index is 13.6. The first kappa shape index (κ1) is 18.7. The highest BCUT2D eigenvalue weighted by atomic mass is 32.1. The second-order valence-electron chi connectivity index (χ2n) is 5.60. The molecule has 0 spiro atoms. The molecule has 0 fully saturated rings. The number of hydrogen-bond acceptors (Lipinski definition) is 4. The second-order valence-corrected chi connectivity index (χ2v) is 6.58. The average Bonchev–Trinajstić information content (AvgIpc) is 3.19. The summed E-state index contributed by atoms with van der Waals surface area (Å²) in [6.45, 7) is -0.651. The first-order valence-corrected chi connectivity index (χ1v) is 8.93. The molecule has 1 N–H and O–H groups in total. The SMILES string of the molecule is O=C(COC(=O)c1c(F)cccc1F)NC(c1ccccc1)c1cccs1. The van der Waals surface area contributed by atoms with E-state index in [4.69, 9.17) is 4.74 Å². The first-order chi connectivity index (χ1) is 13.1. The van der Waals surface area contributed by atoms with Crippen LogP contribution in [0.3, 0.4) is 0 Å². The van der Waals surface area contributed by atoms with Crippen molar-refractivity contribution in [3.8, 4) is 0 Å². The summed E-state index contributed by atoms with van der Waals surface area (Å²) in [6.07, 6.45) is 0. The Bertz CT molecular complexity index is 909. The van der Waals surface area contributed by atoms with Gasteiger partial charge >= 0.3 is 5.97 Å². The minimum Gasteiger partial charge on any atom is -0.452 e. The number of benzene rings is 2. The number of carbonyl (C=O) groups is 2. The fourth-order valence-electron chi connectivity index (χ4n) is 2.52. The molecular formula is C20H15F2NO3S. The van der Waals surface area contributed by atoms with Crippen molar-refractivity contribution >= 4 is 23.2 Å². The van der Waals surface area contributed by atoms with Crippen molar-refractivity contribution in [2.45, 2.75) is 6.04 Å². The van der Waals surface area contributed by atoms with Crippen molar-refractivity contribution in [1.29, 1.82) is 0 Å². The summed E-state index contributed by atoms with van der Waals surface area (Å²) in [5.41, 5.74) is 0.0444. The Hall–Kier alpha value is -3.06. The van der Waals surface area contributed by atoms with Gasteiger partial charge in [-0.25, -0.2) is 13.6 Å². The van der Waals surface area contributed by atoms with Gasteiger partial charge in [0.05, 0.1) is 6.04 Å². The summed E-state index contributed by atoms with van der Waals surface area (Å²) >= 11 is 1.47. The number of ether oxygens (including phenoxy) is 1. The van der Waals surface area contributed by atoms with Crippen LogP contribution in [0.25, 0.3) is 0 Å². The third-order valence-electron chi connectivity index (χ3n) is 3.77. The number of carbonyl (C=O) groups excluding carboxylic acids is 2. The van der Waals surface area contributed by atoms with Crippen molar-refractivity contribution < 1.29 is 23.1 Å². The molecule has 138 valence electrons. The zero-order chi connectivity index (χ0) is 19.2. The molecule has 0 saturated carbocycles. The van der Waals surface area contributed by atoms with E-state index in [0.29, 0.717) is 0 Å². The Morgan fingerprint density at radius 3 is 2.30 bits per heavy atom. The van der Waals surface area contributed by atoms with Crippen LogP contribution in [-0.4, -0.2) is 18.5 Å². The zero-order valence-electron chi connectivity index (χ0n) is 14.0. The van der Waals surface area contributed by atoms with Crippen LogP contribution in [0.1, 0.15) is 26.8 Å². The van der Waals surface area contributed by atoms with Crippen LogP contribution in [-0.2, 0) is 9.53 Å². The van der Waals surface area contributed by atoms with Gasteiger partial charge in [-0.3, -0.25) is 4.79 Å². The highest BCUT2D eigenvalue weighted by molar-refractivity contribution is 7.10. The van der Waals surface area contributed by atoms with E-state index in [1.807, 2.05) is 47.8 Å².